The van der Waals surface area contributed by atoms with E-state index in [4.69, 9.17) is 14.2 Å². The van der Waals surface area contributed by atoms with Gasteiger partial charge in [-0.15, -0.1) is 0 Å². The summed E-state index contributed by atoms with van der Waals surface area (Å²) >= 11 is 3.32. The van der Waals surface area contributed by atoms with Crippen LogP contribution in [0.4, 0.5) is 0 Å². The monoisotopic (exact) mass is 392 g/mol. The van der Waals surface area contributed by atoms with Crippen molar-refractivity contribution < 1.29 is 24.1 Å². The number of ether oxygens (including phenoxy) is 3. The van der Waals surface area contributed by atoms with E-state index >= 15 is 0 Å². The predicted molar refractivity (Wildman–Crippen MR) is 95.3 cm³/mol. The fourth-order valence-corrected chi connectivity index (χ4v) is 2.52. The van der Waals surface area contributed by atoms with Gasteiger partial charge < -0.3 is 19.3 Å². The molecule has 0 spiro atoms. The second-order valence-electron chi connectivity index (χ2n) is 4.81. The van der Waals surface area contributed by atoms with Gasteiger partial charge in [0.15, 0.2) is 17.3 Å². The largest absolute Gasteiger partial charge is 0.507 e. The average molecular weight is 393 g/mol. The van der Waals surface area contributed by atoms with Crippen LogP contribution in [0.3, 0.4) is 0 Å². The van der Waals surface area contributed by atoms with E-state index in [1.807, 2.05) is 0 Å². The molecule has 0 saturated carbocycles. The van der Waals surface area contributed by atoms with Gasteiger partial charge in [0.05, 0.1) is 21.3 Å². The Hall–Kier alpha value is -2.47. The van der Waals surface area contributed by atoms with Crippen LogP contribution in [0.5, 0.6) is 23.0 Å². The maximum absolute atomic E-state index is 12.4. The highest BCUT2D eigenvalue weighted by Crippen LogP contribution is 2.38. The summed E-state index contributed by atoms with van der Waals surface area (Å²) in [5.74, 6) is 1.06. The summed E-state index contributed by atoms with van der Waals surface area (Å²) in [6.45, 7) is 0. The minimum absolute atomic E-state index is 0.0899. The first kappa shape index (κ1) is 17.9. The smallest absolute Gasteiger partial charge is 0.203 e. The summed E-state index contributed by atoms with van der Waals surface area (Å²) in [6, 6.07) is 8.14. The Labute approximate surface area is 148 Å². The second-order valence-corrected chi connectivity index (χ2v) is 5.73. The molecule has 0 aromatic heterocycles. The lowest BCUT2D eigenvalue weighted by atomic mass is 10.1. The molecule has 5 nitrogen and oxygen atoms in total. The van der Waals surface area contributed by atoms with Crippen molar-refractivity contribution in [2.24, 2.45) is 0 Å². The summed E-state index contributed by atoms with van der Waals surface area (Å²) in [4.78, 5) is 12.4. The summed E-state index contributed by atoms with van der Waals surface area (Å²) in [6.07, 6.45) is 2.92. The molecule has 0 aliphatic heterocycles. The molecule has 2 aromatic rings. The van der Waals surface area contributed by atoms with Crippen LogP contribution < -0.4 is 14.2 Å². The van der Waals surface area contributed by atoms with Crippen molar-refractivity contribution in [1.29, 1.82) is 0 Å². The number of hydrogen-bond donors (Lipinski definition) is 1. The van der Waals surface area contributed by atoms with Crippen LogP contribution in [0.1, 0.15) is 15.9 Å². The highest BCUT2D eigenvalue weighted by molar-refractivity contribution is 9.10. The van der Waals surface area contributed by atoms with E-state index in [-0.39, 0.29) is 11.5 Å². The van der Waals surface area contributed by atoms with E-state index in [1.165, 1.54) is 27.4 Å². The standard InChI is InChI=1S/C18H17BrO5/c1-22-16-9-12(10-17(23-2)18(16)24-3)15(21)6-4-11-8-13(19)5-7-14(11)20/h4-10,20H,1-3H3/b6-4+. The van der Waals surface area contributed by atoms with Crippen molar-refractivity contribution in [1.82, 2.24) is 0 Å². The second kappa shape index (κ2) is 7.88. The first-order chi connectivity index (χ1) is 11.5. The molecule has 0 amide bonds. The van der Waals surface area contributed by atoms with E-state index < -0.39 is 0 Å². The number of ketones is 1. The highest BCUT2D eigenvalue weighted by Gasteiger charge is 2.15. The number of allylic oxidation sites excluding steroid dienone is 1. The number of aromatic hydroxyl groups is 1. The van der Waals surface area contributed by atoms with Crippen molar-refractivity contribution in [3.05, 3.63) is 52.0 Å². The Balaban J connectivity index is 2.36. The Morgan fingerprint density at radius 3 is 2.21 bits per heavy atom. The minimum atomic E-state index is -0.256. The highest BCUT2D eigenvalue weighted by atomic mass is 79.9. The summed E-state index contributed by atoms with van der Waals surface area (Å²) in [5, 5.41) is 9.81. The molecule has 0 saturated heterocycles. The van der Waals surface area contributed by atoms with Gasteiger partial charge in [0.1, 0.15) is 5.75 Å². The molecule has 2 rings (SSSR count). The molecule has 0 unspecified atom stereocenters. The maximum atomic E-state index is 12.4. The van der Waals surface area contributed by atoms with Gasteiger partial charge in [-0.25, -0.2) is 0 Å². The van der Waals surface area contributed by atoms with Gasteiger partial charge in [-0.05, 0) is 42.5 Å². The van der Waals surface area contributed by atoms with E-state index in [2.05, 4.69) is 15.9 Å². The summed E-state index contributed by atoms with van der Waals surface area (Å²) in [7, 11) is 4.47. The molecule has 0 heterocycles. The average Bonchev–Trinajstić information content (AvgIpc) is 2.60. The van der Waals surface area contributed by atoms with Crippen LogP contribution in [0.15, 0.2) is 40.9 Å². The zero-order chi connectivity index (χ0) is 17.7. The fraction of sp³-hybridized carbons (Fsp3) is 0.167. The van der Waals surface area contributed by atoms with Gasteiger partial charge in [0.25, 0.3) is 0 Å². The number of methoxy groups -OCH3 is 3. The molecule has 0 fully saturated rings. The summed E-state index contributed by atoms with van der Waals surface area (Å²) < 4.78 is 16.5. The molecule has 0 radical (unpaired) electrons. The molecular formula is C18H17BrO5. The third-order valence-electron chi connectivity index (χ3n) is 3.35. The third-order valence-corrected chi connectivity index (χ3v) is 3.85. The lowest BCUT2D eigenvalue weighted by Crippen LogP contribution is -2.00. The molecule has 0 bridgehead atoms. The number of carbonyl (C=O) groups is 1. The molecule has 0 aliphatic rings. The minimum Gasteiger partial charge on any atom is -0.507 e. The van der Waals surface area contributed by atoms with Crippen molar-refractivity contribution >= 4 is 27.8 Å². The molecule has 6 heteroatoms. The van der Waals surface area contributed by atoms with Crippen LogP contribution in [0, 0.1) is 0 Å². The molecule has 2 aromatic carbocycles. The number of hydrogen-bond acceptors (Lipinski definition) is 5. The van der Waals surface area contributed by atoms with Crippen LogP contribution in [0.2, 0.25) is 0 Å². The number of phenols is 1. The van der Waals surface area contributed by atoms with Crippen molar-refractivity contribution in [2.45, 2.75) is 0 Å². The van der Waals surface area contributed by atoms with Gasteiger partial charge in [0.2, 0.25) is 5.75 Å². The van der Waals surface area contributed by atoms with E-state index in [1.54, 1.807) is 36.4 Å². The molecule has 24 heavy (non-hydrogen) atoms. The normalized spacial score (nSPS) is 10.7. The number of benzene rings is 2. The van der Waals surface area contributed by atoms with Gasteiger partial charge in [0, 0.05) is 15.6 Å². The molecular weight excluding hydrogens is 376 g/mol. The quantitative estimate of drug-likeness (QED) is 0.592. The molecule has 0 atom stereocenters. The predicted octanol–water partition coefficient (Wildman–Crippen LogP) is 4.08. The summed E-state index contributed by atoms with van der Waals surface area (Å²) in [5.41, 5.74) is 0.917. The van der Waals surface area contributed by atoms with Crippen LogP contribution >= 0.6 is 15.9 Å². The van der Waals surface area contributed by atoms with Crippen molar-refractivity contribution in [3.63, 3.8) is 0 Å². The SMILES string of the molecule is COc1cc(C(=O)/C=C/c2cc(Br)ccc2O)cc(OC)c1OC. The number of rotatable bonds is 6. The van der Waals surface area contributed by atoms with Crippen molar-refractivity contribution in [2.75, 3.05) is 21.3 Å². The van der Waals surface area contributed by atoms with Gasteiger partial charge >= 0.3 is 0 Å². The Kier molecular flexibility index (Phi) is 5.87. The fourth-order valence-electron chi connectivity index (χ4n) is 2.14. The number of halogens is 1. The van der Waals surface area contributed by atoms with Crippen LogP contribution in [0.25, 0.3) is 6.08 Å². The first-order valence-electron chi connectivity index (χ1n) is 7.01. The number of carbonyl (C=O) groups excluding carboxylic acids is 1. The van der Waals surface area contributed by atoms with E-state index in [0.717, 1.165) is 4.47 Å². The topological polar surface area (TPSA) is 65.0 Å². The molecule has 0 aliphatic carbocycles. The maximum Gasteiger partial charge on any atom is 0.203 e. The van der Waals surface area contributed by atoms with E-state index in [9.17, 15) is 9.90 Å². The number of phenolic OH excluding ortho intramolecular Hbond substituents is 1. The Bertz CT molecular complexity index is 758. The van der Waals surface area contributed by atoms with Gasteiger partial charge in [-0.1, -0.05) is 15.9 Å². The van der Waals surface area contributed by atoms with Gasteiger partial charge in [-0.2, -0.15) is 0 Å². The third kappa shape index (κ3) is 3.89. The Morgan fingerprint density at radius 2 is 1.67 bits per heavy atom. The lowest BCUT2D eigenvalue weighted by Gasteiger charge is -2.13. The zero-order valence-electron chi connectivity index (χ0n) is 13.5. The van der Waals surface area contributed by atoms with Crippen LogP contribution in [-0.4, -0.2) is 32.2 Å². The molecule has 1 N–H and O–H groups in total. The lowest BCUT2D eigenvalue weighted by molar-refractivity contribution is 0.104. The molecule has 126 valence electrons. The van der Waals surface area contributed by atoms with Crippen molar-refractivity contribution in [3.8, 4) is 23.0 Å². The van der Waals surface area contributed by atoms with Crippen LogP contribution in [-0.2, 0) is 0 Å². The van der Waals surface area contributed by atoms with E-state index in [0.29, 0.717) is 28.4 Å². The first-order valence-corrected chi connectivity index (χ1v) is 7.80. The van der Waals surface area contributed by atoms with Gasteiger partial charge in [-0.3, -0.25) is 4.79 Å². The zero-order valence-corrected chi connectivity index (χ0v) is 15.1. The Morgan fingerprint density at radius 1 is 1.04 bits per heavy atom.